The average Bonchev–Trinajstić information content (AvgIpc) is 2.30. The van der Waals surface area contributed by atoms with Crippen molar-refractivity contribution in [2.24, 2.45) is 5.92 Å². The van der Waals surface area contributed by atoms with Gasteiger partial charge in [-0.15, -0.1) is 0 Å². The van der Waals surface area contributed by atoms with Gasteiger partial charge in [0.05, 0.1) is 0 Å². The van der Waals surface area contributed by atoms with Crippen molar-refractivity contribution in [3.05, 3.63) is 35.9 Å². The second-order valence-corrected chi connectivity index (χ2v) is 5.16. The van der Waals surface area contributed by atoms with E-state index in [-0.39, 0.29) is 0 Å². The molecule has 0 aliphatic rings. The zero-order chi connectivity index (χ0) is 12.5. The van der Waals surface area contributed by atoms with Crippen LogP contribution in [0.25, 0.3) is 0 Å². The summed E-state index contributed by atoms with van der Waals surface area (Å²) in [6.45, 7) is 4.42. The smallest absolute Gasteiger partial charge is 0.132 e. The van der Waals surface area contributed by atoms with E-state index in [2.05, 4.69) is 38.1 Å². The standard InChI is InChI=1S/C16H24O/c1-14(2)8-6-12-16(17)13-7-11-15-9-4-3-5-10-15/h3-5,9-10,14H,6-8,11-13H2,1-2H3. The summed E-state index contributed by atoms with van der Waals surface area (Å²) in [5.41, 5.74) is 1.34. The van der Waals surface area contributed by atoms with Gasteiger partial charge in [0.1, 0.15) is 5.78 Å². The molecule has 0 aromatic heterocycles. The van der Waals surface area contributed by atoms with Crippen LogP contribution in [0.2, 0.25) is 0 Å². The SMILES string of the molecule is CC(C)CCCC(=O)CCCc1ccccc1. The Morgan fingerprint density at radius 1 is 1.06 bits per heavy atom. The second-order valence-electron chi connectivity index (χ2n) is 5.16. The first-order valence-electron chi connectivity index (χ1n) is 6.74. The van der Waals surface area contributed by atoms with Crippen molar-refractivity contribution < 1.29 is 4.79 Å². The molecule has 0 spiro atoms. The molecule has 0 aliphatic heterocycles. The van der Waals surface area contributed by atoms with Crippen LogP contribution in [0, 0.1) is 5.92 Å². The van der Waals surface area contributed by atoms with Gasteiger partial charge in [0, 0.05) is 12.8 Å². The Morgan fingerprint density at radius 2 is 1.71 bits per heavy atom. The Morgan fingerprint density at radius 3 is 2.35 bits per heavy atom. The predicted octanol–water partition coefficient (Wildman–Crippen LogP) is 4.40. The van der Waals surface area contributed by atoms with E-state index < -0.39 is 0 Å². The van der Waals surface area contributed by atoms with E-state index in [1.165, 1.54) is 12.0 Å². The maximum Gasteiger partial charge on any atom is 0.132 e. The van der Waals surface area contributed by atoms with Gasteiger partial charge in [0.25, 0.3) is 0 Å². The molecule has 1 aromatic carbocycles. The number of carbonyl (C=O) groups excluding carboxylic acids is 1. The van der Waals surface area contributed by atoms with Crippen LogP contribution < -0.4 is 0 Å². The maximum atomic E-state index is 11.6. The minimum absolute atomic E-state index is 0.432. The van der Waals surface area contributed by atoms with Gasteiger partial charge in [-0.1, -0.05) is 50.6 Å². The highest BCUT2D eigenvalue weighted by atomic mass is 16.1. The van der Waals surface area contributed by atoms with Gasteiger partial charge >= 0.3 is 0 Å². The Bertz CT molecular complexity index is 314. The monoisotopic (exact) mass is 232 g/mol. The minimum Gasteiger partial charge on any atom is -0.300 e. The number of carbonyl (C=O) groups is 1. The predicted molar refractivity (Wildman–Crippen MR) is 73.1 cm³/mol. The van der Waals surface area contributed by atoms with Gasteiger partial charge in [-0.05, 0) is 30.7 Å². The molecule has 0 N–H and O–H groups in total. The molecule has 0 unspecified atom stereocenters. The molecule has 0 fully saturated rings. The Labute approximate surface area is 105 Å². The summed E-state index contributed by atoms with van der Waals surface area (Å²) in [6, 6.07) is 10.4. The van der Waals surface area contributed by atoms with Crippen molar-refractivity contribution in [1.29, 1.82) is 0 Å². The topological polar surface area (TPSA) is 17.1 Å². The van der Waals surface area contributed by atoms with Gasteiger partial charge < -0.3 is 0 Å². The van der Waals surface area contributed by atoms with Gasteiger partial charge in [-0.25, -0.2) is 0 Å². The van der Waals surface area contributed by atoms with Gasteiger partial charge in [-0.3, -0.25) is 4.79 Å². The van der Waals surface area contributed by atoms with Crippen LogP contribution in [0.1, 0.15) is 51.5 Å². The molecule has 1 aromatic rings. The van der Waals surface area contributed by atoms with Crippen molar-refractivity contribution in [2.45, 2.75) is 52.4 Å². The van der Waals surface area contributed by atoms with Gasteiger partial charge in [0.2, 0.25) is 0 Å². The highest BCUT2D eigenvalue weighted by Gasteiger charge is 2.03. The molecule has 0 bridgehead atoms. The van der Waals surface area contributed by atoms with Crippen molar-refractivity contribution in [3.8, 4) is 0 Å². The van der Waals surface area contributed by atoms with Crippen LogP contribution in [0.4, 0.5) is 0 Å². The van der Waals surface area contributed by atoms with E-state index in [0.29, 0.717) is 11.7 Å². The summed E-state index contributed by atoms with van der Waals surface area (Å²) in [5, 5.41) is 0. The molecule has 1 heteroatoms. The van der Waals surface area contributed by atoms with Crippen LogP contribution in [0.3, 0.4) is 0 Å². The first kappa shape index (κ1) is 14.0. The lowest BCUT2D eigenvalue weighted by atomic mass is 10.0. The molecule has 0 radical (unpaired) electrons. The van der Waals surface area contributed by atoms with Gasteiger partial charge in [-0.2, -0.15) is 0 Å². The fourth-order valence-electron chi connectivity index (χ4n) is 1.97. The van der Waals surface area contributed by atoms with Crippen LogP contribution in [-0.4, -0.2) is 5.78 Å². The number of benzene rings is 1. The molecule has 0 aliphatic carbocycles. The van der Waals surface area contributed by atoms with Crippen LogP contribution in [-0.2, 0) is 11.2 Å². The third-order valence-corrected chi connectivity index (χ3v) is 3.00. The van der Waals surface area contributed by atoms with Crippen molar-refractivity contribution >= 4 is 5.78 Å². The molecule has 0 saturated heterocycles. The van der Waals surface area contributed by atoms with Crippen LogP contribution >= 0.6 is 0 Å². The second kappa shape index (κ2) is 8.05. The Kier molecular flexibility index (Phi) is 6.61. The molecule has 17 heavy (non-hydrogen) atoms. The number of aryl methyl sites for hydroxylation is 1. The zero-order valence-corrected chi connectivity index (χ0v) is 11.1. The van der Waals surface area contributed by atoms with Crippen molar-refractivity contribution in [1.82, 2.24) is 0 Å². The van der Waals surface area contributed by atoms with E-state index in [0.717, 1.165) is 32.1 Å². The van der Waals surface area contributed by atoms with Crippen LogP contribution in [0.15, 0.2) is 30.3 Å². The van der Waals surface area contributed by atoms with E-state index in [4.69, 9.17) is 0 Å². The van der Waals surface area contributed by atoms with Crippen molar-refractivity contribution in [3.63, 3.8) is 0 Å². The van der Waals surface area contributed by atoms with E-state index in [1.807, 2.05) is 6.07 Å². The number of hydrogen-bond acceptors (Lipinski definition) is 1. The van der Waals surface area contributed by atoms with E-state index >= 15 is 0 Å². The summed E-state index contributed by atoms with van der Waals surface area (Å²) in [7, 11) is 0. The zero-order valence-electron chi connectivity index (χ0n) is 11.1. The first-order chi connectivity index (χ1) is 8.18. The molecule has 0 saturated carbocycles. The lowest BCUT2D eigenvalue weighted by Gasteiger charge is -2.04. The third kappa shape index (κ3) is 6.93. The highest BCUT2D eigenvalue weighted by molar-refractivity contribution is 5.78. The van der Waals surface area contributed by atoms with Gasteiger partial charge in [0.15, 0.2) is 0 Å². The number of hydrogen-bond donors (Lipinski definition) is 0. The number of Topliss-reactive ketones (excluding diaryl/α,β-unsaturated/α-hetero) is 1. The minimum atomic E-state index is 0.432. The highest BCUT2D eigenvalue weighted by Crippen LogP contribution is 2.10. The molecule has 0 atom stereocenters. The molecule has 0 amide bonds. The summed E-state index contributed by atoms with van der Waals surface area (Å²) >= 11 is 0. The molecule has 1 nitrogen and oxygen atoms in total. The third-order valence-electron chi connectivity index (χ3n) is 3.00. The molecule has 0 heterocycles. The van der Waals surface area contributed by atoms with Crippen LogP contribution in [0.5, 0.6) is 0 Å². The summed E-state index contributed by atoms with van der Waals surface area (Å²) in [5.74, 6) is 1.15. The molecule has 94 valence electrons. The number of ketones is 1. The Balaban J connectivity index is 2.08. The first-order valence-corrected chi connectivity index (χ1v) is 6.74. The summed E-state index contributed by atoms with van der Waals surface area (Å²) in [6.07, 6.45) is 5.76. The average molecular weight is 232 g/mol. The molecular weight excluding hydrogens is 208 g/mol. The lowest BCUT2D eigenvalue weighted by Crippen LogP contribution is -2.00. The van der Waals surface area contributed by atoms with E-state index in [9.17, 15) is 4.79 Å². The fourth-order valence-corrected chi connectivity index (χ4v) is 1.97. The largest absolute Gasteiger partial charge is 0.300 e. The fraction of sp³-hybridized carbons (Fsp3) is 0.562. The number of rotatable bonds is 8. The normalized spacial score (nSPS) is 10.8. The Hall–Kier alpha value is -1.11. The maximum absolute atomic E-state index is 11.6. The van der Waals surface area contributed by atoms with E-state index in [1.54, 1.807) is 0 Å². The molecule has 1 rings (SSSR count). The summed E-state index contributed by atoms with van der Waals surface area (Å²) in [4.78, 5) is 11.6. The summed E-state index contributed by atoms with van der Waals surface area (Å²) < 4.78 is 0. The molecular formula is C16H24O. The quantitative estimate of drug-likeness (QED) is 0.649. The lowest BCUT2D eigenvalue weighted by molar-refractivity contribution is -0.119. The van der Waals surface area contributed by atoms with Crippen molar-refractivity contribution in [2.75, 3.05) is 0 Å².